The van der Waals surface area contributed by atoms with Gasteiger partial charge in [0.1, 0.15) is 6.54 Å². The van der Waals surface area contributed by atoms with Crippen molar-refractivity contribution in [1.29, 1.82) is 0 Å². The highest BCUT2D eigenvalue weighted by molar-refractivity contribution is 7.79. The molecule has 1 aromatic carbocycles. The highest BCUT2D eigenvalue weighted by Crippen LogP contribution is 2.19. The number of rotatable bonds is 11. The number of quaternary nitrogens is 1. The molecule has 0 aliphatic rings. The Morgan fingerprint density at radius 3 is 1.48 bits per heavy atom. The van der Waals surface area contributed by atoms with Crippen LogP contribution in [0.4, 0.5) is 0 Å². The maximum absolute atomic E-state index is 8.74. The molecule has 0 bridgehead atoms. The van der Waals surface area contributed by atoms with Crippen LogP contribution in [0.2, 0.25) is 0 Å². The third-order valence-electron chi connectivity index (χ3n) is 4.32. The number of hydrogen-bond acceptors (Lipinski definition) is 2. The van der Waals surface area contributed by atoms with Crippen LogP contribution in [0.1, 0.15) is 64.9 Å². The van der Waals surface area contributed by atoms with Gasteiger partial charge in [-0.15, -0.1) is 0 Å². The van der Waals surface area contributed by atoms with Gasteiger partial charge in [0.15, 0.2) is 0 Å². The van der Waals surface area contributed by atoms with Gasteiger partial charge >= 0.3 is 10.4 Å². The van der Waals surface area contributed by atoms with Gasteiger partial charge in [-0.1, -0.05) is 70.4 Å². The molecule has 0 fully saturated rings. The Morgan fingerprint density at radius 1 is 0.800 bits per heavy atom. The molecule has 1 rings (SSSR count). The molecule has 1 aromatic rings. The SMILES string of the molecule is CCCC[N+](CCCC)(CCCC)Cc1ccccc1.O=S(=O)(O)O. The van der Waals surface area contributed by atoms with Gasteiger partial charge in [0.2, 0.25) is 0 Å². The minimum Gasteiger partial charge on any atom is -0.320 e. The van der Waals surface area contributed by atoms with Gasteiger partial charge in [0.05, 0.1) is 19.6 Å². The van der Waals surface area contributed by atoms with Gasteiger partial charge < -0.3 is 4.48 Å². The molecule has 0 saturated carbocycles. The van der Waals surface area contributed by atoms with E-state index in [1.807, 2.05) is 0 Å². The van der Waals surface area contributed by atoms with E-state index in [0.29, 0.717) is 0 Å². The third-order valence-corrected chi connectivity index (χ3v) is 4.32. The molecule has 0 unspecified atom stereocenters. The first-order valence-corrected chi connectivity index (χ1v) is 10.7. The first-order chi connectivity index (χ1) is 11.8. The van der Waals surface area contributed by atoms with Gasteiger partial charge in [-0.3, -0.25) is 9.11 Å². The van der Waals surface area contributed by atoms with Gasteiger partial charge in [-0.2, -0.15) is 8.42 Å². The van der Waals surface area contributed by atoms with Crippen LogP contribution in [0.5, 0.6) is 0 Å². The van der Waals surface area contributed by atoms with Crippen molar-refractivity contribution in [1.82, 2.24) is 0 Å². The van der Waals surface area contributed by atoms with Crippen molar-refractivity contribution < 1.29 is 22.0 Å². The fraction of sp³-hybridized carbons (Fsp3) is 0.684. The van der Waals surface area contributed by atoms with Gasteiger partial charge in [0.25, 0.3) is 0 Å². The maximum Gasteiger partial charge on any atom is 0.394 e. The van der Waals surface area contributed by atoms with Crippen LogP contribution >= 0.6 is 0 Å². The summed E-state index contributed by atoms with van der Waals surface area (Å²) >= 11 is 0. The van der Waals surface area contributed by atoms with Crippen molar-refractivity contribution in [3.63, 3.8) is 0 Å². The predicted octanol–water partition coefficient (Wildman–Crippen LogP) is 4.75. The molecule has 0 aliphatic carbocycles. The fourth-order valence-corrected chi connectivity index (χ4v) is 3.02. The Labute approximate surface area is 154 Å². The summed E-state index contributed by atoms with van der Waals surface area (Å²) in [7, 11) is -4.67. The summed E-state index contributed by atoms with van der Waals surface area (Å²) in [5, 5.41) is 0. The predicted molar refractivity (Wildman–Crippen MR) is 104 cm³/mol. The molecule has 6 heteroatoms. The molecular weight excluding hydrogens is 338 g/mol. The molecule has 0 heterocycles. The van der Waals surface area contributed by atoms with Crippen LogP contribution in [0, 0.1) is 0 Å². The highest BCUT2D eigenvalue weighted by atomic mass is 32.3. The monoisotopic (exact) mass is 374 g/mol. The lowest BCUT2D eigenvalue weighted by Crippen LogP contribution is -2.49. The maximum atomic E-state index is 8.74. The largest absolute Gasteiger partial charge is 0.394 e. The summed E-state index contributed by atoms with van der Waals surface area (Å²) in [5.41, 5.74) is 1.51. The van der Waals surface area contributed by atoms with Crippen molar-refractivity contribution in [2.24, 2.45) is 0 Å². The van der Waals surface area contributed by atoms with E-state index in [-0.39, 0.29) is 0 Å². The summed E-state index contributed by atoms with van der Waals surface area (Å²) < 4.78 is 32.9. The molecule has 0 spiro atoms. The quantitative estimate of drug-likeness (QED) is 0.433. The minimum absolute atomic E-state index is 1.22. The molecule has 0 radical (unpaired) electrons. The van der Waals surface area contributed by atoms with Crippen LogP contribution in [-0.4, -0.2) is 41.6 Å². The van der Waals surface area contributed by atoms with Crippen LogP contribution in [0.25, 0.3) is 0 Å². The lowest BCUT2D eigenvalue weighted by molar-refractivity contribution is -0.941. The Balaban J connectivity index is 0.00000101. The lowest BCUT2D eigenvalue weighted by atomic mass is 10.1. The van der Waals surface area contributed by atoms with Crippen LogP contribution in [0.3, 0.4) is 0 Å². The summed E-state index contributed by atoms with van der Waals surface area (Å²) in [4.78, 5) is 0. The average molecular weight is 375 g/mol. The molecule has 5 nitrogen and oxygen atoms in total. The number of benzene rings is 1. The van der Waals surface area contributed by atoms with Crippen LogP contribution < -0.4 is 0 Å². The number of hydrogen-bond donors (Lipinski definition) is 2. The van der Waals surface area contributed by atoms with E-state index in [1.54, 1.807) is 0 Å². The average Bonchev–Trinajstić information content (AvgIpc) is 2.55. The van der Waals surface area contributed by atoms with Crippen molar-refractivity contribution in [2.75, 3.05) is 19.6 Å². The van der Waals surface area contributed by atoms with E-state index in [2.05, 4.69) is 51.1 Å². The lowest BCUT2D eigenvalue weighted by Gasteiger charge is -2.39. The standard InChI is InChI=1S/C19H34N.H2O4S/c1-4-7-15-20(16-8-5-2,17-9-6-3)18-19-13-11-10-12-14-19;1-5(2,3)4/h10-14H,4-9,15-18H2,1-3H3;(H2,1,2,3,4)/q+1;. The van der Waals surface area contributed by atoms with E-state index >= 15 is 0 Å². The molecule has 0 amide bonds. The Bertz CT molecular complexity index is 502. The van der Waals surface area contributed by atoms with E-state index in [9.17, 15) is 0 Å². The summed E-state index contributed by atoms with van der Waals surface area (Å²) in [6.07, 6.45) is 8.02. The molecule has 0 saturated heterocycles. The molecule has 25 heavy (non-hydrogen) atoms. The Morgan fingerprint density at radius 2 is 1.16 bits per heavy atom. The summed E-state index contributed by atoms with van der Waals surface area (Å²) in [5.74, 6) is 0. The Kier molecular flexibility index (Phi) is 12.8. The van der Waals surface area contributed by atoms with Crippen LogP contribution in [-0.2, 0) is 16.9 Å². The molecular formula is C19H36NO4S+. The Hall–Kier alpha value is -0.950. The van der Waals surface area contributed by atoms with Gasteiger partial charge in [-0.25, -0.2) is 0 Å². The summed E-state index contributed by atoms with van der Waals surface area (Å²) in [6.45, 7) is 12.2. The topological polar surface area (TPSA) is 74.6 Å². The molecule has 0 aliphatic heterocycles. The van der Waals surface area contributed by atoms with Crippen molar-refractivity contribution >= 4 is 10.4 Å². The van der Waals surface area contributed by atoms with E-state index in [4.69, 9.17) is 17.5 Å². The third kappa shape index (κ3) is 14.0. The minimum atomic E-state index is -4.67. The van der Waals surface area contributed by atoms with E-state index < -0.39 is 10.4 Å². The van der Waals surface area contributed by atoms with Crippen LogP contribution in [0.15, 0.2) is 30.3 Å². The number of nitrogens with zero attached hydrogens (tertiary/aromatic N) is 1. The summed E-state index contributed by atoms with van der Waals surface area (Å²) in [6, 6.07) is 11.1. The van der Waals surface area contributed by atoms with E-state index in [1.165, 1.54) is 74.8 Å². The van der Waals surface area contributed by atoms with Gasteiger partial charge in [-0.05, 0) is 19.3 Å². The smallest absolute Gasteiger partial charge is 0.320 e. The molecule has 0 aromatic heterocycles. The molecule has 2 N–H and O–H groups in total. The second-order valence-corrected chi connectivity index (χ2v) is 7.56. The second-order valence-electron chi connectivity index (χ2n) is 6.66. The fourth-order valence-electron chi connectivity index (χ4n) is 3.02. The van der Waals surface area contributed by atoms with Crippen molar-refractivity contribution in [3.8, 4) is 0 Å². The zero-order valence-corrected chi connectivity index (χ0v) is 16.8. The van der Waals surface area contributed by atoms with Crippen molar-refractivity contribution in [2.45, 2.75) is 65.8 Å². The first kappa shape index (κ1) is 24.1. The molecule has 146 valence electrons. The van der Waals surface area contributed by atoms with Crippen molar-refractivity contribution in [3.05, 3.63) is 35.9 Å². The first-order valence-electron chi connectivity index (χ1n) is 9.35. The van der Waals surface area contributed by atoms with Gasteiger partial charge in [0, 0.05) is 5.56 Å². The zero-order chi connectivity index (χ0) is 19.2. The second kappa shape index (κ2) is 13.3. The van der Waals surface area contributed by atoms with E-state index in [0.717, 1.165) is 0 Å². The highest BCUT2D eigenvalue weighted by Gasteiger charge is 2.25. The molecule has 0 atom stereocenters. The zero-order valence-electron chi connectivity index (χ0n) is 16.0. The number of unbranched alkanes of at least 4 members (excludes halogenated alkanes) is 3. The normalized spacial score (nSPS) is 11.7.